The third-order valence-electron chi connectivity index (χ3n) is 5.50. The molecule has 5 nitrogen and oxygen atoms in total. The second kappa shape index (κ2) is 10.6. The molecule has 0 bridgehead atoms. The van der Waals surface area contributed by atoms with E-state index in [4.69, 9.17) is 14.2 Å². The fourth-order valence-corrected chi connectivity index (χ4v) is 3.96. The van der Waals surface area contributed by atoms with Crippen LogP contribution in [0.15, 0.2) is 48.5 Å². The normalized spacial score (nSPS) is 16.3. The van der Waals surface area contributed by atoms with Gasteiger partial charge in [0, 0.05) is 19.0 Å². The summed E-state index contributed by atoms with van der Waals surface area (Å²) in [6.07, 6.45) is 4.43. The molecule has 2 aromatic rings. The van der Waals surface area contributed by atoms with Crippen molar-refractivity contribution in [3.05, 3.63) is 59.7 Å². The van der Waals surface area contributed by atoms with Gasteiger partial charge < -0.3 is 19.1 Å². The van der Waals surface area contributed by atoms with Crippen LogP contribution in [-0.2, 0) is 17.6 Å². The van der Waals surface area contributed by atoms with E-state index >= 15 is 0 Å². The van der Waals surface area contributed by atoms with Crippen molar-refractivity contribution in [1.82, 2.24) is 4.90 Å². The molecule has 168 valence electrons. The monoisotopic (exact) mass is 425 g/mol. The number of carbonyl (C=O) groups is 1. The van der Waals surface area contributed by atoms with Crippen LogP contribution in [0.25, 0.3) is 0 Å². The summed E-state index contributed by atoms with van der Waals surface area (Å²) < 4.78 is 17.0. The summed E-state index contributed by atoms with van der Waals surface area (Å²) in [6, 6.07) is 16.6. The summed E-state index contributed by atoms with van der Waals surface area (Å²) in [4.78, 5) is 14.3. The molecular weight excluding hydrogens is 390 g/mol. The fraction of sp³-hybridized carbons (Fsp3) is 0.500. The lowest BCUT2D eigenvalue weighted by Crippen LogP contribution is -2.40. The third-order valence-corrected chi connectivity index (χ3v) is 5.50. The average Bonchev–Trinajstić information content (AvgIpc) is 3.21. The number of nitrogens with zero attached hydrogens (tertiary/aromatic N) is 1. The molecule has 2 aromatic carbocycles. The van der Waals surface area contributed by atoms with Gasteiger partial charge in [-0.05, 0) is 75.8 Å². The summed E-state index contributed by atoms with van der Waals surface area (Å²) in [5.41, 5.74) is 1.97. The van der Waals surface area contributed by atoms with Crippen molar-refractivity contribution >= 4 is 6.09 Å². The first-order valence-corrected chi connectivity index (χ1v) is 11.2. The van der Waals surface area contributed by atoms with Crippen LogP contribution < -0.4 is 9.47 Å². The molecule has 31 heavy (non-hydrogen) atoms. The Kier molecular flexibility index (Phi) is 7.83. The molecule has 5 heteroatoms. The van der Waals surface area contributed by atoms with E-state index in [0.29, 0.717) is 6.61 Å². The van der Waals surface area contributed by atoms with E-state index in [2.05, 4.69) is 24.3 Å². The molecule has 1 fully saturated rings. The van der Waals surface area contributed by atoms with Gasteiger partial charge in [0.15, 0.2) is 0 Å². The largest absolute Gasteiger partial charge is 0.497 e. The molecule has 1 atom stereocenters. The first kappa shape index (κ1) is 23.0. The molecular formula is C26H35NO4. The summed E-state index contributed by atoms with van der Waals surface area (Å²) in [5.74, 6) is 1.81. The highest BCUT2D eigenvalue weighted by atomic mass is 16.6. The second-order valence-electron chi connectivity index (χ2n) is 9.07. The van der Waals surface area contributed by atoms with Crippen LogP contribution in [0.1, 0.15) is 51.2 Å². The third kappa shape index (κ3) is 6.91. The van der Waals surface area contributed by atoms with Gasteiger partial charge in [-0.2, -0.15) is 0 Å². The number of para-hydroxylation sites is 1. The number of methoxy groups -OCH3 is 1. The van der Waals surface area contributed by atoms with Crippen LogP contribution >= 0.6 is 0 Å². The van der Waals surface area contributed by atoms with Crippen molar-refractivity contribution in [2.24, 2.45) is 0 Å². The maximum absolute atomic E-state index is 12.5. The van der Waals surface area contributed by atoms with Crippen molar-refractivity contribution in [3.63, 3.8) is 0 Å². The Balaban J connectivity index is 1.53. The first-order chi connectivity index (χ1) is 14.9. The predicted octanol–water partition coefficient (Wildman–Crippen LogP) is 5.65. The minimum atomic E-state index is -0.470. The van der Waals surface area contributed by atoms with Gasteiger partial charge in [0.25, 0.3) is 0 Å². The molecule has 0 spiro atoms. The van der Waals surface area contributed by atoms with E-state index in [-0.39, 0.29) is 12.1 Å². The van der Waals surface area contributed by atoms with Crippen LogP contribution in [0.5, 0.6) is 11.5 Å². The van der Waals surface area contributed by atoms with Gasteiger partial charge in [0.05, 0.1) is 13.7 Å². The number of rotatable bonds is 8. The van der Waals surface area contributed by atoms with E-state index in [0.717, 1.165) is 50.1 Å². The lowest BCUT2D eigenvalue weighted by molar-refractivity contribution is 0.0211. The standard InChI is InChI=1S/C26H35NO4/c1-26(2,3)31-25(28)27-17-8-11-22(27)16-18-30-24-13-6-5-10-21(24)15-14-20-9-7-12-23(19-20)29-4/h5-7,9-10,12-13,19,22H,8,11,14-18H2,1-4H3. The van der Waals surface area contributed by atoms with E-state index in [9.17, 15) is 4.79 Å². The second-order valence-corrected chi connectivity index (χ2v) is 9.07. The minimum absolute atomic E-state index is 0.179. The number of carbonyl (C=O) groups excluding carboxylic acids is 1. The molecule has 1 amide bonds. The molecule has 0 aromatic heterocycles. The summed E-state index contributed by atoms with van der Waals surface area (Å²) in [7, 11) is 1.69. The maximum atomic E-state index is 12.5. The molecule has 3 rings (SSSR count). The zero-order valence-corrected chi connectivity index (χ0v) is 19.2. The summed E-state index contributed by atoms with van der Waals surface area (Å²) in [6.45, 7) is 7.06. The maximum Gasteiger partial charge on any atom is 0.410 e. The van der Waals surface area contributed by atoms with Gasteiger partial charge in [-0.25, -0.2) is 4.79 Å². The smallest absolute Gasteiger partial charge is 0.410 e. The van der Waals surface area contributed by atoms with Crippen molar-refractivity contribution in [2.45, 2.75) is 64.5 Å². The molecule has 1 aliphatic heterocycles. The number of ether oxygens (including phenoxy) is 3. The number of hydrogen-bond acceptors (Lipinski definition) is 4. The highest BCUT2D eigenvalue weighted by Crippen LogP contribution is 2.25. The van der Waals surface area contributed by atoms with Gasteiger partial charge in [0.1, 0.15) is 17.1 Å². The van der Waals surface area contributed by atoms with Crippen LogP contribution in [0.3, 0.4) is 0 Å². The van der Waals surface area contributed by atoms with Gasteiger partial charge in [-0.3, -0.25) is 0 Å². The number of benzene rings is 2. The van der Waals surface area contributed by atoms with Crippen molar-refractivity contribution < 1.29 is 19.0 Å². The molecule has 1 heterocycles. The fourth-order valence-electron chi connectivity index (χ4n) is 3.96. The first-order valence-electron chi connectivity index (χ1n) is 11.2. The van der Waals surface area contributed by atoms with Gasteiger partial charge in [0.2, 0.25) is 0 Å². The summed E-state index contributed by atoms with van der Waals surface area (Å²) in [5, 5.41) is 0. The van der Waals surface area contributed by atoms with Crippen LogP contribution in [0.4, 0.5) is 4.79 Å². The Bertz CT molecular complexity index is 858. The van der Waals surface area contributed by atoms with Crippen molar-refractivity contribution in [3.8, 4) is 11.5 Å². The zero-order chi connectivity index (χ0) is 22.3. The molecule has 0 N–H and O–H groups in total. The highest BCUT2D eigenvalue weighted by molar-refractivity contribution is 5.68. The number of likely N-dealkylation sites (tertiary alicyclic amines) is 1. The van der Waals surface area contributed by atoms with Gasteiger partial charge in [-0.15, -0.1) is 0 Å². The lowest BCUT2D eigenvalue weighted by Gasteiger charge is -2.28. The molecule has 1 saturated heterocycles. The van der Waals surface area contributed by atoms with Crippen molar-refractivity contribution in [2.75, 3.05) is 20.3 Å². The van der Waals surface area contributed by atoms with Crippen molar-refractivity contribution in [1.29, 1.82) is 0 Å². The highest BCUT2D eigenvalue weighted by Gasteiger charge is 2.31. The molecule has 0 aliphatic carbocycles. The Labute approximate surface area is 186 Å². The zero-order valence-electron chi connectivity index (χ0n) is 19.2. The Hall–Kier alpha value is -2.69. The number of amides is 1. The molecule has 1 aliphatic rings. The van der Waals surface area contributed by atoms with Crippen LogP contribution in [0.2, 0.25) is 0 Å². The topological polar surface area (TPSA) is 48.0 Å². The predicted molar refractivity (Wildman–Crippen MR) is 123 cm³/mol. The van der Waals surface area contributed by atoms with E-state index in [1.165, 1.54) is 11.1 Å². The quantitative estimate of drug-likeness (QED) is 0.548. The molecule has 1 unspecified atom stereocenters. The number of aryl methyl sites for hydroxylation is 2. The molecule has 0 radical (unpaired) electrons. The Morgan fingerprint density at radius 1 is 1.10 bits per heavy atom. The van der Waals surface area contributed by atoms with E-state index < -0.39 is 5.60 Å². The lowest BCUT2D eigenvalue weighted by atomic mass is 10.0. The van der Waals surface area contributed by atoms with Gasteiger partial charge in [-0.1, -0.05) is 30.3 Å². The van der Waals surface area contributed by atoms with Crippen LogP contribution in [0, 0.1) is 0 Å². The molecule has 0 saturated carbocycles. The summed E-state index contributed by atoms with van der Waals surface area (Å²) >= 11 is 0. The minimum Gasteiger partial charge on any atom is -0.497 e. The van der Waals surface area contributed by atoms with Gasteiger partial charge >= 0.3 is 6.09 Å². The van der Waals surface area contributed by atoms with E-state index in [1.807, 2.05) is 49.9 Å². The van der Waals surface area contributed by atoms with E-state index in [1.54, 1.807) is 7.11 Å². The van der Waals surface area contributed by atoms with Crippen LogP contribution in [-0.4, -0.2) is 42.9 Å². The SMILES string of the molecule is COc1cccc(CCc2ccccc2OCCC2CCCN2C(=O)OC(C)(C)C)c1. The number of hydrogen-bond donors (Lipinski definition) is 0. The average molecular weight is 426 g/mol. The Morgan fingerprint density at radius 2 is 1.90 bits per heavy atom. The Morgan fingerprint density at radius 3 is 2.68 bits per heavy atom.